The summed E-state index contributed by atoms with van der Waals surface area (Å²) < 4.78 is 9.17. The van der Waals surface area contributed by atoms with Crippen molar-refractivity contribution in [2.45, 2.75) is 19.9 Å². The van der Waals surface area contributed by atoms with Crippen molar-refractivity contribution in [2.24, 2.45) is 0 Å². The first-order valence-corrected chi connectivity index (χ1v) is 5.75. The predicted molar refractivity (Wildman–Crippen MR) is 67.9 cm³/mol. The van der Waals surface area contributed by atoms with Gasteiger partial charge < -0.3 is 14.4 Å². The van der Waals surface area contributed by atoms with Gasteiger partial charge in [-0.3, -0.25) is 4.79 Å². The summed E-state index contributed by atoms with van der Waals surface area (Å²) in [6.45, 7) is 3.90. The average molecular weight is 267 g/mol. The van der Waals surface area contributed by atoms with E-state index in [1.165, 1.54) is 20.3 Å². The molecule has 1 heterocycles. The van der Waals surface area contributed by atoms with Crippen molar-refractivity contribution in [1.29, 1.82) is 0 Å². The Morgan fingerprint density at radius 3 is 2.32 bits per heavy atom. The van der Waals surface area contributed by atoms with Crippen molar-refractivity contribution in [3.8, 4) is 0 Å². The lowest BCUT2D eigenvalue weighted by molar-refractivity contribution is -0.139. The van der Waals surface area contributed by atoms with Gasteiger partial charge in [-0.1, -0.05) is 0 Å². The normalized spacial score (nSPS) is 10.2. The fraction of sp³-hybridized carbons (Fsp3) is 0.500. The highest BCUT2D eigenvalue weighted by molar-refractivity contribution is 5.87. The summed E-state index contributed by atoms with van der Waals surface area (Å²) in [5.41, 5.74) is 0.119. The molecule has 0 radical (unpaired) electrons. The zero-order valence-corrected chi connectivity index (χ0v) is 11.4. The molecule has 0 bridgehead atoms. The minimum Gasteiger partial charge on any atom is -0.468 e. The maximum absolute atomic E-state index is 11.3. The van der Waals surface area contributed by atoms with Crippen molar-refractivity contribution in [3.63, 3.8) is 0 Å². The van der Waals surface area contributed by atoms with E-state index in [9.17, 15) is 9.59 Å². The third-order valence-corrected chi connectivity index (χ3v) is 2.49. The van der Waals surface area contributed by atoms with Crippen molar-refractivity contribution in [1.82, 2.24) is 10.2 Å². The molecule has 0 unspecified atom stereocenters. The SMILES string of the molecule is COC(=O)CN(c1ccc(C(=O)OC)nn1)C(C)C. The molecule has 19 heavy (non-hydrogen) atoms. The van der Waals surface area contributed by atoms with E-state index >= 15 is 0 Å². The van der Waals surface area contributed by atoms with Crippen LogP contribution < -0.4 is 4.90 Å². The number of ether oxygens (including phenoxy) is 2. The average Bonchev–Trinajstić information content (AvgIpc) is 2.43. The zero-order chi connectivity index (χ0) is 14.4. The summed E-state index contributed by atoms with van der Waals surface area (Å²) in [7, 11) is 2.60. The Bertz CT molecular complexity index is 445. The standard InChI is InChI=1S/C12H17N3O4/c1-8(2)15(7-11(16)18-3)10-6-5-9(13-14-10)12(17)19-4/h5-6,8H,7H2,1-4H3. The van der Waals surface area contributed by atoms with E-state index in [1.54, 1.807) is 11.0 Å². The molecule has 0 aliphatic carbocycles. The van der Waals surface area contributed by atoms with Crippen LogP contribution >= 0.6 is 0 Å². The largest absolute Gasteiger partial charge is 0.468 e. The van der Waals surface area contributed by atoms with Gasteiger partial charge >= 0.3 is 11.9 Å². The van der Waals surface area contributed by atoms with Crippen LogP contribution in [0.4, 0.5) is 5.82 Å². The summed E-state index contributed by atoms with van der Waals surface area (Å²) in [6.07, 6.45) is 0. The van der Waals surface area contributed by atoms with Crippen LogP contribution in [0.25, 0.3) is 0 Å². The van der Waals surface area contributed by atoms with Gasteiger partial charge in [-0.15, -0.1) is 10.2 Å². The first-order chi connectivity index (χ1) is 8.99. The molecule has 0 amide bonds. The number of hydrogen-bond donors (Lipinski definition) is 0. The summed E-state index contributed by atoms with van der Waals surface area (Å²) >= 11 is 0. The highest BCUT2D eigenvalue weighted by Crippen LogP contribution is 2.13. The van der Waals surface area contributed by atoms with Gasteiger partial charge in [0, 0.05) is 6.04 Å². The molecule has 0 saturated heterocycles. The van der Waals surface area contributed by atoms with Crippen LogP contribution in [0.5, 0.6) is 0 Å². The molecule has 0 fully saturated rings. The molecule has 1 rings (SSSR count). The van der Waals surface area contributed by atoms with E-state index in [1.807, 2.05) is 13.8 Å². The molecule has 0 spiro atoms. The van der Waals surface area contributed by atoms with Crippen molar-refractivity contribution >= 4 is 17.8 Å². The van der Waals surface area contributed by atoms with E-state index in [4.69, 9.17) is 0 Å². The van der Waals surface area contributed by atoms with Gasteiger partial charge in [0.1, 0.15) is 6.54 Å². The Morgan fingerprint density at radius 2 is 1.89 bits per heavy atom. The van der Waals surface area contributed by atoms with E-state index in [-0.39, 0.29) is 24.2 Å². The quantitative estimate of drug-likeness (QED) is 0.724. The molecule has 7 nitrogen and oxygen atoms in total. The molecule has 0 N–H and O–H groups in total. The van der Waals surface area contributed by atoms with E-state index in [0.29, 0.717) is 5.82 Å². The molecule has 1 aromatic heterocycles. The summed E-state index contributed by atoms with van der Waals surface area (Å²) in [6, 6.07) is 3.15. The Labute approximate surface area is 111 Å². The first-order valence-electron chi connectivity index (χ1n) is 5.75. The van der Waals surface area contributed by atoms with Crippen LogP contribution in [0.1, 0.15) is 24.3 Å². The number of rotatable bonds is 5. The van der Waals surface area contributed by atoms with Gasteiger partial charge in [0.2, 0.25) is 0 Å². The third-order valence-electron chi connectivity index (χ3n) is 2.49. The lowest BCUT2D eigenvalue weighted by Gasteiger charge is -2.25. The van der Waals surface area contributed by atoms with Crippen molar-refractivity contribution in [2.75, 3.05) is 25.7 Å². The van der Waals surface area contributed by atoms with Crippen LogP contribution in [0.2, 0.25) is 0 Å². The van der Waals surface area contributed by atoms with Crippen LogP contribution in [0, 0.1) is 0 Å². The number of nitrogens with zero attached hydrogens (tertiary/aromatic N) is 3. The Morgan fingerprint density at radius 1 is 1.21 bits per heavy atom. The molecule has 0 aromatic carbocycles. The number of hydrogen-bond acceptors (Lipinski definition) is 7. The number of anilines is 1. The Balaban J connectivity index is 2.91. The predicted octanol–water partition coefficient (Wildman–Crippen LogP) is 0.651. The number of aromatic nitrogens is 2. The number of carbonyl (C=O) groups excluding carboxylic acids is 2. The van der Waals surface area contributed by atoms with Gasteiger partial charge in [-0.05, 0) is 26.0 Å². The maximum Gasteiger partial charge on any atom is 0.358 e. The van der Waals surface area contributed by atoms with Crippen molar-refractivity contribution in [3.05, 3.63) is 17.8 Å². The lowest BCUT2D eigenvalue weighted by Crippen LogP contribution is -2.37. The van der Waals surface area contributed by atoms with Gasteiger partial charge in [-0.2, -0.15) is 0 Å². The van der Waals surface area contributed by atoms with Crippen LogP contribution in [0.15, 0.2) is 12.1 Å². The number of methoxy groups -OCH3 is 2. The third kappa shape index (κ3) is 3.90. The summed E-state index contributed by atoms with van der Waals surface area (Å²) in [5, 5.41) is 7.69. The topological polar surface area (TPSA) is 81.6 Å². The molecule has 0 aliphatic rings. The second-order valence-electron chi connectivity index (χ2n) is 4.07. The minimum atomic E-state index is -0.553. The second-order valence-corrected chi connectivity index (χ2v) is 4.07. The highest BCUT2D eigenvalue weighted by atomic mass is 16.5. The molecule has 1 aromatic rings. The minimum absolute atomic E-state index is 0.0392. The second kappa shape index (κ2) is 6.67. The fourth-order valence-corrected chi connectivity index (χ4v) is 1.42. The number of carbonyl (C=O) groups is 2. The monoisotopic (exact) mass is 267 g/mol. The molecule has 0 saturated carbocycles. The Kier molecular flexibility index (Phi) is 5.23. The van der Waals surface area contributed by atoms with E-state index in [0.717, 1.165) is 0 Å². The molecule has 0 atom stereocenters. The van der Waals surface area contributed by atoms with Crippen LogP contribution in [0.3, 0.4) is 0 Å². The molecule has 7 heteroatoms. The van der Waals surface area contributed by atoms with Gasteiger partial charge in [-0.25, -0.2) is 4.79 Å². The van der Waals surface area contributed by atoms with E-state index in [2.05, 4.69) is 19.7 Å². The molecular formula is C12H17N3O4. The van der Waals surface area contributed by atoms with Crippen LogP contribution in [-0.4, -0.2) is 48.9 Å². The molecule has 0 aliphatic heterocycles. The number of esters is 2. The lowest BCUT2D eigenvalue weighted by atomic mass is 10.3. The van der Waals surface area contributed by atoms with Crippen LogP contribution in [-0.2, 0) is 14.3 Å². The first kappa shape index (κ1) is 14.9. The van der Waals surface area contributed by atoms with Gasteiger partial charge in [0.15, 0.2) is 11.5 Å². The summed E-state index contributed by atoms with van der Waals surface area (Å²) in [5.74, 6) is -0.427. The fourth-order valence-electron chi connectivity index (χ4n) is 1.42. The highest BCUT2D eigenvalue weighted by Gasteiger charge is 2.17. The molecular weight excluding hydrogens is 250 g/mol. The summed E-state index contributed by atoms with van der Waals surface area (Å²) in [4.78, 5) is 24.3. The van der Waals surface area contributed by atoms with Gasteiger partial charge in [0.05, 0.1) is 14.2 Å². The van der Waals surface area contributed by atoms with E-state index < -0.39 is 5.97 Å². The van der Waals surface area contributed by atoms with Crippen molar-refractivity contribution < 1.29 is 19.1 Å². The zero-order valence-electron chi connectivity index (χ0n) is 11.4. The molecule has 104 valence electrons. The smallest absolute Gasteiger partial charge is 0.358 e. The Hall–Kier alpha value is -2.18. The van der Waals surface area contributed by atoms with Gasteiger partial charge in [0.25, 0.3) is 0 Å². The maximum atomic E-state index is 11.3.